The summed E-state index contributed by atoms with van der Waals surface area (Å²) in [5, 5.41) is 23.1. The number of nitrogens with one attached hydrogen (secondary N) is 1. The predicted octanol–water partition coefficient (Wildman–Crippen LogP) is 15.5. The zero-order valence-corrected chi connectivity index (χ0v) is 39.5. The van der Waals surface area contributed by atoms with E-state index < -0.39 is 12.1 Å². The highest BCUT2D eigenvalue weighted by Crippen LogP contribution is 2.16. The predicted molar refractivity (Wildman–Crippen MR) is 255 cm³/mol. The van der Waals surface area contributed by atoms with Gasteiger partial charge in [-0.25, -0.2) is 0 Å². The molecule has 6 heteroatoms. The van der Waals surface area contributed by atoms with E-state index in [1.165, 1.54) is 180 Å². The number of carbonyl (C=O) groups excluding carboxylic acids is 2. The first-order valence-corrected chi connectivity index (χ1v) is 26.1. The van der Waals surface area contributed by atoms with Crippen LogP contribution in [0.3, 0.4) is 0 Å². The van der Waals surface area contributed by atoms with Crippen molar-refractivity contribution in [3.8, 4) is 0 Å². The van der Waals surface area contributed by atoms with E-state index in [4.69, 9.17) is 4.74 Å². The number of rotatable bonds is 48. The van der Waals surface area contributed by atoms with Crippen LogP contribution in [-0.4, -0.2) is 47.4 Å². The highest BCUT2D eigenvalue weighted by molar-refractivity contribution is 5.76. The summed E-state index contributed by atoms with van der Waals surface area (Å²) in [5.41, 5.74) is 0. The molecular weight excluding hydrogens is 731 g/mol. The van der Waals surface area contributed by atoms with Crippen LogP contribution >= 0.6 is 0 Å². The molecule has 59 heavy (non-hydrogen) atoms. The van der Waals surface area contributed by atoms with E-state index in [9.17, 15) is 19.8 Å². The highest BCUT2D eigenvalue weighted by atomic mass is 16.5. The van der Waals surface area contributed by atoms with E-state index in [2.05, 4.69) is 31.3 Å². The van der Waals surface area contributed by atoms with E-state index in [1.54, 1.807) is 6.08 Å². The molecule has 0 aliphatic rings. The summed E-state index contributed by atoms with van der Waals surface area (Å²) < 4.78 is 5.44. The van der Waals surface area contributed by atoms with E-state index in [0.717, 1.165) is 70.6 Å². The molecule has 0 fully saturated rings. The number of aliphatic hydroxyl groups is 2. The van der Waals surface area contributed by atoms with Crippen LogP contribution in [-0.2, 0) is 14.3 Å². The fourth-order valence-corrected chi connectivity index (χ4v) is 7.92. The molecule has 0 rings (SSSR count). The Hall–Kier alpha value is -1.66. The lowest BCUT2D eigenvalue weighted by molar-refractivity contribution is -0.143. The Kier molecular flexibility index (Phi) is 47.6. The van der Waals surface area contributed by atoms with Crippen molar-refractivity contribution in [3.05, 3.63) is 24.3 Å². The molecule has 0 bridgehead atoms. The summed E-state index contributed by atoms with van der Waals surface area (Å²) in [6.07, 6.45) is 57.5. The van der Waals surface area contributed by atoms with Gasteiger partial charge >= 0.3 is 5.97 Å². The van der Waals surface area contributed by atoms with Crippen molar-refractivity contribution in [2.75, 3.05) is 13.2 Å². The minimum atomic E-state index is -0.853. The lowest BCUT2D eigenvalue weighted by Gasteiger charge is -2.20. The second-order valence-electron chi connectivity index (χ2n) is 17.9. The van der Waals surface area contributed by atoms with Crippen LogP contribution in [0.4, 0.5) is 0 Å². The topological polar surface area (TPSA) is 95.9 Å². The highest BCUT2D eigenvalue weighted by Gasteiger charge is 2.18. The van der Waals surface area contributed by atoms with Gasteiger partial charge in [-0.15, -0.1) is 0 Å². The number of ether oxygens (including phenoxy) is 1. The standard InChI is InChI=1S/C53H101NO5/c1-3-5-7-9-11-13-15-16-17-19-22-26-29-33-37-41-45-51(56)50(49-55)54-52(57)46-42-38-34-30-27-23-20-18-21-24-28-32-36-40-44-48-59-53(58)47-43-39-35-31-25-14-12-10-8-6-4-2/h21,24,41,45,50-51,55-56H,3-20,22-23,25-40,42-44,46-49H2,1-2H3,(H,54,57)/b24-21-,45-41+. The maximum absolute atomic E-state index is 12.4. The van der Waals surface area contributed by atoms with E-state index in [1.807, 2.05) is 6.08 Å². The van der Waals surface area contributed by atoms with Crippen molar-refractivity contribution in [1.82, 2.24) is 5.32 Å². The lowest BCUT2D eigenvalue weighted by Crippen LogP contribution is -2.45. The fraction of sp³-hybridized carbons (Fsp3) is 0.887. The van der Waals surface area contributed by atoms with Gasteiger partial charge in [-0.1, -0.05) is 231 Å². The largest absolute Gasteiger partial charge is 0.466 e. The normalized spacial score (nSPS) is 12.8. The molecule has 0 aliphatic heterocycles. The van der Waals surface area contributed by atoms with Gasteiger partial charge in [0.05, 0.1) is 25.4 Å². The second kappa shape index (κ2) is 49.0. The van der Waals surface area contributed by atoms with Gasteiger partial charge < -0.3 is 20.3 Å². The first-order valence-electron chi connectivity index (χ1n) is 26.1. The molecule has 0 heterocycles. The quantitative estimate of drug-likeness (QED) is 0.0322. The molecule has 0 saturated heterocycles. The van der Waals surface area contributed by atoms with Crippen molar-refractivity contribution in [1.29, 1.82) is 0 Å². The molecule has 0 saturated carbocycles. The van der Waals surface area contributed by atoms with Crippen molar-refractivity contribution in [2.45, 2.75) is 289 Å². The van der Waals surface area contributed by atoms with Crippen LogP contribution in [0.1, 0.15) is 277 Å². The molecule has 1 amide bonds. The molecule has 0 aromatic rings. The average Bonchev–Trinajstić information content (AvgIpc) is 3.24. The maximum Gasteiger partial charge on any atom is 0.305 e. The first kappa shape index (κ1) is 57.3. The van der Waals surface area contributed by atoms with Crippen molar-refractivity contribution in [3.63, 3.8) is 0 Å². The van der Waals surface area contributed by atoms with E-state index in [-0.39, 0.29) is 18.5 Å². The molecular formula is C53H101NO5. The number of amides is 1. The Bertz CT molecular complexity index is 920. The lowest BCUT2D eigenvalue weighted by atomic mass is 10.0. The number of allylic oxidation sites excluding steroid dienone is 3. The zero-order chi connectivity index (χ0) is 43.0. The van der Waals surface area contributed by atoms with Gasteiger partial charge in [-0.2, -0.15) is 0 Å². The SMILES string of the molecule is CCCCCCCCCCCCCCCC/C=C/C(O)C(CO)NC(=O)CCCCCCCCC/C=C\CCCCCCOC(=O)CCCCCCCCCCCCC. The molecule has 0 aromatic carbocycles. The Morgan fingerprint density at radius 1 is 0.458 bits per heavy atom. The number of hydrogen-bond donors (Lipinski definition) is 3. The van der Waals surface area contributed by atoms with Crippen molar-refractivity contribution in [2.24, 2.45) is 0 Å². The Labute approximate surface area is 367 Å². The zero-order valence-electron chi connectivity index (χ0n) is 39.5. The van der Waals surface area contributed by atoms with Gasteiger partial charge in [0.2, 0.25) is 5.91 Å². The Balaban J connectivity index is 3.52. The minimum Gasteiger partial charge on any atom is -0.466 e. The summed E-state index contributed by atoms with van der Waals surface area (Å²) in [7, 11) is 0. The van der Waals surface area contributed by atoms with Crippen LogP contribution < -0.4 is 5.32 Å². The second-order valence-corrected chi connectivity index (χ2v) is 17.9. The molecule has 2 unspecified atom stereocenters. The van der Waals surface area contributed by atoms with Gasteiger partial charge in [-0.3, -0.25) is 9.59 Å². The summed E-state index contributed by atoms with van der Waals surface area (Å²) in [4.78, 5) is 24.4. The molecule has 6 nitrogen and oxygen atoms in total. The molecule has 0 radical (unpaired) electrons. The molecule has 0 aliphatic carbocycles. The number of esters is 1. The Morgan fingerprint density at radius 3 is 1.20 bits per heavy atom. The van der Waals surface area contributed by atoms with Crippen molar-refractivity contribution >= 4 is 11.9 Å². The third kappa shape index (κ3) is 45.7. The summed E-state index contributed by atoms with van der Waals surface area (Å²) in [5.74, 6) is -0.0942. The number of aliphatic hydroxyl groups excluding tert-OH is 2. The van der Waals surface area contributed by atoms with Gasteiger partial charge in [0.25, 0.3) is 0 Å². The summed E-state index contributed by atoms with van der Waals surface area (Å²) >= 11 is 0. The number of unbranched alkanes of at least 4 members (excludes halogenated alkanes) is 35. The third-order valence-electron chi connectivity index (χ3n) is 12.0. The van der Waals surface area contributed by atoms with Crippen LogP contribution in [0, 0.1) is 0 Å². The number of carbonyl (C=O) groups is 2. The van der Waals surface area contributed by atoms with E-state index >= 15 is 0 Å². The summed E-state index contributed by atoms with van der Waals surface area (Å²) in [6.45, 7) is 4.86. The van der Waals surface area contributed by atoms with Gasteiger partial charge in [0.1, 0.15) is 0 Å². The Morgan fingerprint density at radius 2 is 0.797 bits per heavy atom. The number of hydrogen-bond acceptors (Lipinski definition) is 5. The van der Waals surface area contributed by atoms with E-state index in [0.29, 0.717) is 19.4 Å². The first-order chi connectivity index (χ1) is 29.0. The van der Waals surface area contributed by atoms with Crippen LogP contribution in [0.25, 0.3) is 0 Å². The molecule has 3 N–H and O–H groups in total. The molecule has 0 spiro atoms. The molecule has 0 aromatic heterocycles. The van der Waals surface area contributed by atoms with Gasteiger partial charge in [0.15, 0.2) is 0 Å². The fourth-order valence-electron chi connectivity index (χ4n) is 7.92. The smallest absolute Gasteiger partial charge is 0.305 e. The van der Waals surface area contributed by atoms with Crippen LogP contribution in [0.5, 0.6) is 0 Å². The van der Waals surface area contributed by atoms with Crippen LogP contribution in [0.15, 0.2) is 24.3 Å². The van der Waals surface area contributed by atoms with Gasteiger partial charge in [0, 0.05) is 12.8 Å². The summed E-state index contributed by atoms with van der Waals surface area (Å²) in [6, 6.07) is -0.638. The molecule has 348 valence electrons. The van der Waals surface area contributed by atoms with Crippen molar-refractivity contribution < 1.29 is 24.5 Å². The van der Waals surface area contributed by atoms with Crippen LogP contribution in [0.2, 0.25) is 0 Å². The molecule has 2 atom stereocenters. The third-order valence-corrected chi connectivity index (χ3v) is 12.0. The minimum absolute atomic E-state index is 0.0117. The maximum atomic E-state index is 12.4. The monoisotopic (exact) mass is 832 g/mol. The van der Waals surface area contributed by atoms with Gasteiger partial charge in [-0.05, 0) is 57.8 Å². The average molecular weight is 832 g/mol.